The number of aromatic nitrogens is 1. The molecule has 3 N–H and O–H groups in total. The average Bonchev–Trinajstić information content (AvgIpc) is 3.53. The molecule has 3 unspecified atom stereocenters. The molecule has 0 saturated carbocycles. The van der Waals surface area contributed by atoms with Gasteiger partial charge in [0.2, 0.25) is 5.91 Å². The Morgan fingerprint density at radius 1 is 1.21 bits per heavy atom. The van der Waals surface area contributed by atoms with E-state index >= 15 is 0 Å². The number of rotatable bonds is 9. The van der Waals surface area contributed by atoms with Gasteiger partial charge in [0.15, 0.2) is 0 Å². The van der Waals surface area contributed by atoms with Gasteiger partial charge in [-0.25, -0.2) is 0 Å². The number of ether oxygens (including phenoxy) is 1. The van der Waals surface area contributed by atoms with Crippen molar-refractivity contribution in [3.8, 4) is 0 Å². The zero-order valence-corrected chi connectivity index (χ0v) is 18.9. The Labute approximate surface area is 195 Å². The number of hydrogen-bond acceptors (Lipinski definition) is 6. The van der Waals surface area contributed by atoms with E-state index in [-0.39, 0.29) is 24.0 Å². The van der Waals surface area contributed by atoms with Gasteiger partial charge in [0, 0.05) is 57.8 Å². The fraction of sp³-hybridized carbons (Fsp3) is 0.480. The maximum absolute atomic E-state index is 13.3. The van der Waals surface area contributed by atoms with Gasteiger partial charge in [-0.05, 0) is 37.0 Å². The van der Waals surface area contributed by atoms with Gasteiger partial charge in [0.1, 0.15) is 6.04 Å². The highest BCUT2D eigenvalue weighted by Gasteiger charge is 2.42. The minimum atomic E-state index is -0.544. The predicted molar refractivity (Wildman–Crippen MR) is 125 cm³/mol. The summed E-state index contributed by atoms with van der Waals surface area (Å²) < 4.78 is 5.93. The number of benzene rings is 1. The Bertz CT molecular complexity index is 905. The standard InChI is InChI=1S/C25H33N5O3/c26-10-12-28-24(31)23-14-21(17-30(23)25(32)20-8-4-11-27-15-20)29(18-22-9-5-13-33-22)16-19-6-2-1-3-7-19/h1-4,6-8,11,15,21-23H,5,9-10,12-14,16-18,26H2,(H,28,31). The molecule has 0 spiro atoms. The van der Waals surface area contributed by atoms with Crippen molar-refractivity contribution in [3.63, 3.8) is 0 Å². The second-order valence-electron chi connectivity index (χ2n) is 8.73. The number of nitrogens with two attached hydrogens (primary N) is 1. The van der Waals surface area contributed by atoms with Gasteiger partial charge >= 0.3 is 0 Å². The molecule has 2 aromatic rings. The molecule has 176 valence electrons. The summed E-state index contributed by atoms with van der Waals surface area (Å²) >= 11 is 0. The third-order valence-electron chi connectivity index (χ3n) is 6.40. The fourth-order valence-corrected chi connectivity index (χ4v) is 4.73. The molecular weight excluding hydrogens is 418 g/mol. The van der Waals surface area contributed by atoms with Crippen molar-refractivity contribution in [2.24, 2.45) is 5.73 Å². The molecule has 0 aliphatic carbocycles. The number of pyridine rings is 1. The molecular formula is C25H33N5O3. The number of hydrogen-bond donors (Lipinski definition) is 2. The highest BCUT2D eigenvalue weighted by molar-refractivity contribution is 5.97. The summed E-state index contributed by atoms with van der Waals surface area (Å²) in [6.45, 7) is 3.55. The van der Waals surface area contributed by atoms with Crippen LogP contribution in [-0.4, -0.2) is 77.6 Å². The highest BCUT2D eigenvalue weighted by atomic mass is 16.5. The topological polar surface area (TPSA) is 101 Å². The SMILES string of the molecule is NCCNC(=O)C1CC(N(Cc2ccccc2)CC2CCCO2)CN1C(=O)c1cccnc1. The predicted octanol–water partition coefficient (Wildman–Crippen LogP) is 1.42. The van der Waals surface area contributed by atoms with Crippen LogP contribution in [0.3, 0.4) is 0 Å². The largest absolute Gasteiger partial charge is 0.377 e. The van der Waals surface area contributed by atoms with Gasteiger partial charge in [-0.3, -0.25) is 19.5 Å². The molecule has 3 atom stereocenters. The molecule has 2 aliphatic rings. The highest BCUT2D eigenvalue weighted by Crippen LogP contribution is 2.27. The molecule has 0 bridgehead atoms. The van der Waals surface area contributed by atoms with Crippen molar-refractivity contribution >= 4 is 11.8 Å². The van der Waals surface area contributed by atoms with Crippen LogP contribution < -0.4 is 11.1 Å². The first-order chi connectivity index (χ1) is 16.2. The first-order valence-electron chi connectivity index (χ1n) is 11.7. The monoisotopic (exact) mass is 451 g/mol. The summed E-state index contributed by atoms with van der Waals surface area (Å²) in [5.74, 6) is -0.327. The summed E-state index contributed by atoms with van der Waals surface area (Å²) in [5, 5.41) is 2.88. The first kappa shape index (κ1) is 23.4. The van der Waals surface area contributed by atoms with Crippen molar-refractivity contribution in [2.75, 3.05) is 32.8 Å². The van der Waals surface area contributed by atoms with Crippen molar-refractivity contribution in [1.82, 2.24) is 20.1 Å². The lowest BCUT2D eigenvalue weighted by molar-refractivity contribution is -0.124. The molecule has 1 aromatic carbocycles. The van der Waals surface area contributed by atoms with Crippen molar-refractivity contribution < 1.29 is 14.3 Å². The van der Waals surface area contributed by atoms with Crippen molar-refractivity contribution in [1.29, 1.82) is 0 Å². The van der Waals surface area contributed by atoms with E-state index < -0.39 is 6.04 Å². The third-order valence-corrected chi connectivity index (χ3v) is 6.40. The summed E-state index contributed by atoms with van der Waals surface area (Å²) in [6.07, 6.45) is 6.06. The van der Waals surface area contributed by atoms with Crippen LogP contribution in [0.25, 0.3) is 0 Å². The maximum atomic E-state index is 13.3. The van der Waals surface area contributed by atoms with Crippen LogP contribution in [0.15, 0.2) is 54.9 Å². The molecule has 4 rings (SSSR count). The summed E-state index contributed by atoms with van der Waals surface area (Å²) in [6, 6.07) is 13.3. The second kappa shape index (κ2) is 11.4. The van der Waals surface area contributed by atoms with Crippen molar-refractivity contribution in [2.45, 2.75) is 44.0 Å². The number of nitrogens with zero attached hydrogens (tertiary/aromatic N) is 3. The van der Waals surface area contributed by atoms with E-state index in [9.17, 15) is 9.59 Å². The molecule has 0 radical (unpaired) electrons. The van der Waals surface area contributed by atoms with Gasteiger partial charge in [-0.1, -0.05) is 30.3 Å². The van der Waals surface area contributed by atoms with E-state index in [0.29, 0.717) is 31.6 Å². The van der Waals surface area contributed by atoms with Crippen LogP contribution in [0.5, 0.6) is 0 Å². The minimum Gasteiger partial charge on any atom is -0.377 e. The van der Waals surface area contributed by atoms with Crippen LogP contribution in [0.1, 0.15) is 35.2 Å². The van der Waals surface area contributed by atoms with Gasteiger partial charge in [-0.15, -0.1) is 0 Å². The Hall–Kier alpha value is -2.81. The van der Waals surface area contributed by atoms with E-state index in [1.165, 1.54) is 5.56 Å². The minimum absolute atomic E-state index is 0.0451. The van der Waals surface area contributed by atoms with Gasteiger partial charge in [0.25, 0.3) is 5.91 Å². The molecule has 33 heavy (non-hydrogen) atoms. The number of carbonyl (C=O) groups excluding carboxylic acids is 2. The summed E-state index contributed by atoms with van der Waals surface area (Å²) in [7, 11) is 0. The van der Waals surface area contributed by atoms with Crippen LogP contribution in [0.4, 0.5) is 0 Å². The third kappa shape index (κ3) is 5.96. The molecule has 2 saturated heterocycles. The Balaban J connectivity index is 1.56. The number of carbonyl (C=O) groups is 2. The zero-order valence-electron chi connectivity index (χ0n) is 18.9. The van der Waals surface area contributed by atoms with E-state index in [0.717, 1.165) is 32.5 Å². The first-order valence-corrected chi connectivity index (χ1v) is 11.7. The van der Waals surface area contributed by atoms with Crippen LogP contribution in [-0.2, 0) is 16.1 Å². The Kier molecular flexibility index (Phi) is 8.04. The zero-order chi connectivity index (χ0) is 23.0. The maximum Gasteiger partial charge on any atom is 0.256 e. The van der Waals surface area contributed by atoms with Gasteiger partial charge < -0.3 is 20.7 Å². The summed E-state index contributed by atoms with van der Waals surface area (Å²) in [4.78, 5) is 34.5. The normalized spacial score (nSPS) is 22.6. The van der Waals surface area contributed by atoms with E-state index in [2.05, 4.69) is 27.3 Å². The van der Waals surface area contributed by atoms with E-state index in [1.807, 2.05) is 18.2 Å². The van der Waals surface area contributed by atoms with Crippen molar-refractivity contribution in [3.05, 3.63) is 66.0 Å². The molecule has 8 heteroatoms. The Morgan fingerprint density at radius 2 is 2.06 bits per heavy atom. The number of likely N-dealkylation sites (tertiary alicyclic amines) is 1. The molecule has 1 aromatic heterocycles. The number of amides is 2. The number of nitrogens with one attached hydrogen (secondary N) is 1. The fourth-order valence-electron chi connectivity index (χ4n) is 4.73. The molecule has 2 fully saturated rings. The quantitative estimate of drug-likeness (QED) is 0.598. The average molecular weight is 452 g/mol. The molecule has 2 aliphatic heterocycles. The lowest BCUT2D eigenvalue weighted by atomic mass is 10.1. The lowest BCUT2D eigenvalue weighted by Crippen LogP contribution is -2.47. The second-order valence-corrected chi connectivity index (χ2v) is 8.73. The Morgan fingerprint density at radius 3 is 2.76 bits per heavy atom. The molecule has 8 nitrogen and oxygen atoms in total. The van der Waals surface area contributed by atoms with Crippen LogP contribution in [0.2, 0.25) is 0 Å². The van der Waals surface area contributed by atoms with Crippen LogP contribution in [0, 0.1) is 0 Å². The smallest absolute Gasteiger partial charge is 0.256 e. The molecule has 3 heterocycles. The van der Waals surface area contributed by atoms with E-state index in [1.54, 1.807) is 29.4 Å². The summed E-state index contributed by atoms with van der Waals surface area (Å²) in [5.41, 5.74) is 7.28. The molecule has 2 amide bonds. The van der Waals surface area contributed by atoms with E-state index in [4.69, 9.17) is 10.5 Å². The van der Waals surface area contributed by atoms with Crippen LogP contribution >= 0.6 is 0 Å². The van der Waals surface area contributed by atoms with Gasteiger partial charge in [-0.2, -0.15) is 0 Å². The lowest BCUT2D eigenvalue weighted by Gasteiger charge is -2.31. The van der Waals surface area contributed by atoms with Gasteiger partial charge in [0.05, 0.1) is 11.7 Å².